The Morgan fingerprint density at radius 1 is 1.45 bits per heavy atom. The van der Waals surface area contributed by atoms with Crippen molar-refractivity contribution in [3.05, 3.63) is 33.3 Å². The second kappa shape index (κ2) is 6.32. The second-order valence-corrected chi connectivity index (χ2v) is 5.80. The molecule has 120 valence electrons. The minimum atomic E-state index is -4.85. The summed E-state index contributed by atoms with van der Waals surface area (Å²) in [6.07, 6.45) is -1.69. The molecule has 0 radical (unpaired) electrons. The van der Waals surface area contributed by atoms with Gasteiger partial charge in [0.25, 0.3) is 0 Å². The number of nitrogens with one attached hydrogen (secondary N) is 1. The van der Waals surface area contributed by atoms with Crippen molar-refractivity contribution in [3.8, 4) is 5.75 Å². The molecule has 1 amide bonds. The maximum atomic E-state index is 12.1. The summed E-state index contributed by atoms with van der Waals surface area (Å²) in [6, 6.07) is 2.02. The number of rotatable bonds is 3. The Kier molecular flexibility index (Phi) is 4.84. The molecule has 1 aromatic rings. The lowest BCUT2D eigenvalue weighted by molar-refractivity contribution is -0.173. The van der Waals surface area contributed by atoms with Gasteiger partial charge in [0.05, 0.1) is 11.6 Å². The van der Waals surface area contributed by atoms with Crippen molar-refractivity contribution in [2.75, 3.05) is 13.7 Å². The summed E-state index contributed by atoms with van der Waals surface area (Å²) in [5, 5.41) is 1.85. The summed E-state index contributed by atoms with van der Waals surface area (Å²) in [5.41, 5.74) is 3.98. The van der Waals surface area contributed by atoms with Crippen molar-refractivity contribution >= 4 is 27.4 Å². The topological polar surface area (TPSA) is 38.3 Å². The van der Waals surface area contributed by atoms with Gasteiger partial charge < -0.3 is 10.1 Å². The highest BCUT2D eigenvalue weighted by atomic mass is 79.9. The Labute approximate surface area is 134 Å². The number of alkyl halides is 3. The Bertz CT molecular complexity index is 639. The number of carbonyl (C=O) groups excluding carboxylic acids is 1. The van der Waals surface area contributed by atoms with Gasteiger partial charge in [-0.25, -0.2) is 0 Å². The first-order valence-electron chi connectivity index (χ1n) is 6.66. The number of carbonyl (C=O) groups is 1. The first-order valence-corrected chi connectivity index (χ1v) is 7.45. The van der Waals surface area contributed by atoms with Crippen molar-refractivity contribution in [1.29, 1.82) is 0 Å². The number of hydrogen-bond donors (Lipinski definition) is 1. The van der Waals surface area contributed by atoms with Gasteiger partial charge in [-0.15, -0.1) is 0 Å². The Hall–Kier alpha value is -1.50. The Morgan fingerprint density at radius 3 is 2.73 bits per heavy atom. The van der Waals surface area contributed by atoms with E-state index in [1.807, 2.05) is 18.3 Å². The third-order valence-electron chi connectivity index (χ3n) is 3.55. The molecule has 0 aromatic heterocycles. The smallest absolute Gasteiger partial charge is 0.471 e. The summed E-state index contributed by atoms with van der Waals surface area (Å²) in [5.74, 6) is -1.21. The van der Waals surface area contributed by atoms with E-state index in [2.05, 4.69) is 15.9 Å². The number of ether oxygens (including phenoxy) is 1. The minimum Gasteiger partial charge on any atom is -0.495 e. The molecule has 1 aliphatic carbocycles. The summed E-state index contributed by atoms with van der Waals surface area (Å²) < 4.78 is 42.6. The molecule has 3 nitrogen and oxygen atoms in total. The van der Waals surface area contributed by atoms with Crippen LogP contribution in [0, 0.1) is 6.92 Å². The van der Waals surface area contributed by atoms with E-state index in [4.69, 9.17) is 4.74 Å². The normalized spacial score (nSPS) is 15.8. The number of methoxy groups -OCH3 is 1. The lowest BCUT2D eigenvalue weighted by Crippen LogP contribution is -2.36. The average molecular weight is 378 g/mol. The van der Waals surface area contributed by atoms with Crippen LogP contribution in [0.5, 0.6) is 5.75 Å². The van der Waals surface area contributed by atoms with Crippen molar-refractivity contribution in [3.63, 3.8) is 0 Å². The fraction of sp³-hybridized carbons (Fsp3) is 0.400. The van der Waals surface area contributed by atoms with Gasteiger partial charge in [-0.05, 0) is 58.0 Å². The fourth-order valence-electron chi connectivity index (χ4n) is 2.59. The maximum absolute atomic E-state index is 12.1. The van der Waals surface area contributed by atoms with Crippen molar-refractivity contribution in [2.24, 2.45) is 0 Å². The Balaban J connectivity index is 2.21. The largest absolute Gasteiger partial charge is 0.495 e. The second-order valence-electron chi connectivity index (χ2n) is 5.01. The molecule has 1 aliphatic rings. The predicted molar refractivity (Wildman–Crippen MR) is 80.8 cm³/mol. The van der Waals surface area contributed by atoms with Crippen LogP contribution in [0.1, 0.15) is 23.1 Å². The van der Waals surface area contributed by atoms with Crippen molar-refractivity contribution in [1.82, 2.24) is 5.32 Å². The molecule has 0 heterocycles. The zero-order chi connectivity index (χ0) is 16.5. The molecule has 0 saturated carbocycles. The lowest BCUT2D eigenvalue weighted by atomic mass is 10.0. The van der Waals surface area contributed by atoms with Gasteiger partial charge in [0, 0.05) is 6.54 Å². The molecule has 0 saturated heterocycles. The molecule has 0 atom stereocenters. The van der Waals surface area contributed by atoms with Gasteiger partial charge in [0.2, 0.25) is 0 Å². The first kappa shape index (κ1) is 16.9. The van der Waals surface area contributed by atoms with Crippen LogP contribution in [0.2, 0.25) is 0 Å². The number of hydrogen-bond acceptors (Lipinski definition) is 2. The highest BCUT2D eigenvalue weighted by Crippen LogP contribution is 2.43. The van der Waals surface area contributed by atoms with E-state index in [1.165, 1.54) is 0 Å². The molecule has 0 spiro atoms. The van der Waals surface area contributed by atoms with Crippen LogP contribution in [-0.2, 0) is 11.2 Å². The maximum Gasteiger partial charge on any atom is 0.471 e. The molecule has 22 heavy (non-hydrogen) atoms. The number of benzene rings is 1. The third kappa shape index (κ3) is 3.29. The van der Waals surface area contributed by atoms with Crippen LogP contribution in [0.3, 0.4) is 0 Å². The molecule has 1 aromatic carbocycles. The monoisotopic (exact) mass is 377 g/mol. The van der Waals surface area contributed by atoms with Gasteiger partial charge in [-0.3, -0.25) is 4.79 Å². The van der Waals surface area contributed by atoms with E-state index in [0.717, 1.165) is 39.6 Å². The van der Waals surface area contributed by atoms with Crippen LogP contribution >= 0.6 is 15.9 Å². The van der Waals surface area contributed by atoms with Gasteiger partial charge >= 0.3 is 12.1 Å². The molecular weight excluding hydrogens is 363 g/mol. The first-order chi connectivity index (χ1) is 10.3. The van der Waals surface area contributed by atoms with Gasteiger partial charge in [0.1, 0.15) is 5.75 Å². The highest BCUT2D eigenvalue weighted by molar-refractivity contribution is 9.10. The third-order valence-corrected chi connectivity index (χ3v) is 4.30. The number of allylic oxidation sites excluding steroid dienone is 1. The summed E-state index contributed by atoms with van der Waals surface area (Å²) in [4.78, 5) is 10.8. The van der Waals surface area contributed by atoms with E-state index >= 15 is 0 Å². The lowest BCUT2D eigenvalue weighted by Gasteiger charge is -2.13. The summed E-state index contributed by atoms with van der Waals surface area (Å²) in [7, 11) is 1.57. The number of aryl methyl sites for hydroxylation is 2. The Morgan fingerprint density at radius 2 is 2.14 bits per heavy atom. The molecule has 2 rings (SSSR count). The van der Waals surface area contributed by atoms with Crippen LogP contribution in [0.4, 0.5) is 13.2 Å². The van der Waals surface area contributed by atoms with E-state index in [-0.39, 0.29) is 6.54 Å². The zero-order valence-electron chi connectivity index (χ0n) is 12.1. The van der Waals surface area contributed by atoms with E-state index < -0.39 is 12.1 Å². The van der Waals surface area contributed by atoms with Gasteiger partial charge in [-0.2, -0.15) is 13.2 Å². The zero-order valence-corrected chi connectivity index (χ0v) is 13.7. The number of amides is 1. The van der Waals surface area contributed by atoms with Crippen LogP contribution < -0.4 is 10.1 Å². The standard InChI is InChI=1S/C15H15BrF3NO2/c1-8-7-10-4-3-9(11(10)12(16)13(8)22-2)5-6-20-14(21)15(17,18)19/h5,7H,3-4,6H2,1-2H3,(H,20,21)/b9-5+. The quantitative estimate of drug-likeness (QED) is 0.870. The van der Waals surface area contributed by atoms with Crippen molar-refractivity contribution in [2.45, 2.75) is 25.9 Å². The molecule has 0 fully saturated rings. The van der Waals surface area contributed by atoms with Gasteiger partial charge in [0.15, 0.2) is 0 Å². The highest BCUT2D eigenvalue weighted by Gasteiger charge is 2.38. The van der Waals surface area contributed by atoms with Crippen LogP contribution in [0.25, 0.3) is 5.57 Å². The molecule has 0 bridgehead atoms. The van der Waals surface area contributed by atoms with E-state index in [0.29, 0.717) is 5.75 Å². The van der Waals surface area contributed by atoms with E-state index in [9.17, 15) is 18.0 Å². The molecule has 1 N–H and O–H groups in total. The SMILES string of the molecule is COc1c(C)cc2c(c1Br)/C(=C/CNC(=O)C(F)(F)F)CC2. The van der Waals surface area contributed by atoms with Crippen LogP contribution in [-0.4, -0.2) is 25.7 Å². The number of halogens is 4. The average Bonchev–Trinajstić information content (AvgIpc) is 2.81. The van der Waals surface area contributed by atoms with E-state index in [1.54, 1.807) is 13.2 Å². The summed E-state index contributed by atoms with van der Waals surface area (Å²) in [6.45, 7) is 1.78. The van der Waals surface area contributed by atoms with Crippen LogP contribution in [0.15, 0.2) is 16.6 Å². The molecule has 0 unspecified atom stereocenters. The molecule has 0 aliphatic heterocycles. The number of fused-ring (bicyclic) bond motifs is 1. The molecular formula is C15H15BrF3NO2. The minimum absolute atomic E-state index is 0.157. The molecule has 7 heteroatoms. The van der Waals surface area contributed by atoms with Gasteiger partial charge in [-0.1, -0.05) is 12.1 Å². The predicted octanol–water partition coefficient (Wildman–Crippen LogP) is 3.77. The fourth-order valence-corrected chi connectivity index (χ4v) is 3.57. The van der Waals surface area contributed by atoms with Crippen molar-refractivity contribution < 1.29 is 22.7 Å². The summed E-state index contributed by atoms with van der Waals surface area (Å²) >= 11 is 3.50.